The van der Waals surface area contributed by atoms with E-state index in [2.05, 4.69) is 28.6 Å². The van der Waals surface area contributed by atoms with Gasteiger partial charge in [-0.1, -0.05) is 54.6 Å². The van der Waals surface area contributed by atoms with E-state index in [0.717, 1.165) is 33.8 Å². The van der Waals surface area contributed by atoms with Gasteiger partial charge in [-0.05, 0) is 60.9 Å². The molecule has 0 fully saturated rings. The van der Waals surface area contributed by atoms with Crippen LogP contribution in [0.1, 0.15) is 38.4 Å². The lowest BCUT2D eigenvalue weighted by Gasteiger charge is -2.09. The maximum Gasteiger partial charge on any atom is 0.251 e. The number of rotatable bonds is 8. The first-order valence-corrected chi connectivity index (χ1v) is 10.7. The standard InChI is InChI=1S/C27H27N3O2/c1-20-15-21(2)30(29-20)26-13-11-25(12-14-26)27(31)28-17-23-9-6-10-24(16-23)19-32-18-22-7-4-3-5-8-22/h3-16H,17-19H2,1-2H3,(H,28,31). The van der Waals surface area contributed by atoms with Crippen LogP contribution in [0.15, 0.2) is 84.9 Å². The largest absolute Gasteiger partial charge is 0.372 e. The molecule has 0 unspecified atom stereocenters. The van der Waals surface area contributed by atoms with Gasteiger partial charge in [0.2, 0.25) is 0 Å². The van der Waals surface area contributed by atoms with Crippen molar-refractivity contribution in [2.24, 2.45) is 0 Å². The Kier molecular flexibility index (Phi) is 6.78. The zero-order chi connectivity index (χ0) is 22.3. The van der Waals surface area contributed by atoms with Crippen molar-refractivity contribution in [1.29, 1.82) is 0 Å². The Morgan fingerprint density at radius 1 is 0.844 bits per heavy atom. The minimum absolute atomic E-state index is 0.101. The number of hydrogen-bond donors (Lipinski definition) is 1. The fourth-order valence-electron chi connectivity index (χ4n) is 3.62. The van der Waals surface area contributed by atoms with Gasteiger partial charge in [0.1, 0.15) is 0 Å². The summed E-state index contributed by atoms with van der Waals surface area (Å²) in [6.07, 6.45) is 0. The molecule has 3 aromatic carbocycles. The molecule has 5 nitrogen and oxygen atoms in total. The number of nitrogens with zero attached hydrogens (tertiary/aromatic N) is 2. The van der Waals surface area contributed by atoms with Gasteiger partial charge in [0, 0.05) is 17.8 Å². The molecule has 162 valence electrons. The fourth-order valence-corrected chi connectivity index (χ4v) is 3.62. The molecule has 1 aromatic heterocycles. The van der Waals surface area contributed by atoms with Crippen molar-refractivity contribution in [2.75, 3.05) is 0 Å². The van der Waals surface area contributed by atoms with Crippen molar-refractivity contribution in [3.63, 3.8) is 0 Å². The highest BCUT2D eigenvalue weighted by atomic mass is 16.5. The molecule has 0 saturated heterocycles. The van der Waals surface area contributed by atoms with Gasteiger partial charge >= 0.3 is 0 Å². The van der Waals surface area contributed by atoms with Crippen molar-refractivity contribution in [3.8, 4) is 5.69 Å². The molecule has 0 aliphatic rings. The molecule has 4 aromatic rings. The van der Waals surface area contributed by atoms with E-state index in [1.54, 1.807) is 0 Å². The molecule has 1 amide bonds. The van der Waals surface area contributed by atoms with E-state index in [9.17, 15) is 4.79 Å². The van der Waals surface area contributed by atoms with Crippen LogP contribution in [0, 0.1) is 13.8 Å². The number of carbonyl (C=O) groups is 1. The van der Waals surface area contributed by atoms with Crippen molar-refractivity contribution in [3.05, 3.63) is 119 Å². The van der Waals surface area contributed by atoms with E-state index in [-0.39, 0.29) is 5.91 Å². The van der Waals surface area contributed by atoms with Crippen LogP contribution in [0.5, 0.6) is 0 Å². The molecule has 0 spiro atoms. The Morgan fingerprint density at radius 3 is 2.25 bits per heavy atom. The first-order valence-electron chi connectivity index (χ1n) is 10.7. The van der Waals surface area contributed by atoms with Gasteiger partial charge in [0.25, 0.3) is 5.91 Å². The van der Waals surface area contributed by atoms with Crippen LogP contribution in [0.25, 0.3) is 5.69 Å². The van der Waals surface area contributed by atoms with Crippen molar-refractivity contribution in [1.82, 2.24) is 15.1 Å². The van der Waals surface area contributed by atoms with Gasteiger partial charge in [-0.25, -0.2) is 4.68 Å². The summed E-state index contributed by atoms with van der Waals surface area (Å²) >= 11 is 0. The molecule has 0 saturated carbocycles. The number of ether oxygens (including phenoxy) is 1. The van der Waals surface area contributed by atoms with Crippen LogP contribution >= 0.6 is 0 Å². The molecule has 0 bridgehead atoms. The van der Waals surface area contributed by atoms with E-state index in [4.69, 9.17) is 4.74 Å². The van der Waals surface area contributed by atoms with E-state index < -0.39 is 0 Å². The normalized spacial score (nSPS) is 10.8. The minimum Gasteiger partial charge on any atom is -0.372 e. The van der Waals surface area contributed by atoms with E-state index in [0.29, 0.717) is 25.3 Å². The topological polar surface area (TPSA) is 56.2 Å². The summed E-state index contributed by atoms with van der Waals surface area (Å²) in [7, 11) is 0. The highest BCUT2D eigenvalue weighted by Gasteiger charge is 2.08. The molecular weight excluding hydrogens is 398 g/mol. The summed E-state index contributed by atoms with van der Waals surface area (Å²) in [4.78, 5) is 12.6. The number of benzene rings is 3. The molecule has 0 aliphatic carbocycles. The minimum atomic E-state index is -0.101. The molecule has 0 radical (unpaired) electrons. The van der Waals surface area contributed by atoms with Gasteiger partial charge in [0.05, 0.1) is 24.6 Å². The summed E-state index contributed by atoms with van der Waals surface area (Å²) in [6.45, 7) is 5.56. The molecule has 4 rings (SSSR count). The number of hydrogen-bond acceptors (Lipinski definition) is 3. The Morgan fingerprint density at radius 2 is 1.53 bits per heavy atom. The smallest absolute Gasteiger partial charge is 0.251 e. The second-order valence-electron chi connectivity index (χ2n) is 7.87. The number of carbonyl (C=O) groups excluding carboxylic acids is 1. The Bertz CT molecular complexity index is 1180. The predicted octanol–water partition coefficient (Wildman–Crippen LogP) is 5.14. The summed E-state index contributed by atoms with van der Waals surface area (Å²) in [5.41, 5.74) is 6.87. The van der Waals surface area contributed by atoms with Crippen molar-refractivity contribution < 1.29 is 9.53 Å². The first-order chi connectivity index (χ1) is 15.6. The summed E-state index contributed by atoms with van der Waals surface area (Å²) in [6, 6.07) is 27.7. The Labute approximate surface area is 188 Å². The molecule has 1 heterocycles. The lowest BCUT2D eigenvalue weighted by molar-refractivity contribution is 0.0951. The van der Waals surface area contributed by atoms with E-state index in [1.165, 1.54) is 0 Å². The lowest BCUT2D eigenvalue weighted by atomic mass is 10.1. The average molecular weight is 426 g/mol. The zero-order valence-corrected chi connectivity index (χ0v) is 18.4. The summed E-state index contributed by atoms with van der Waals surface area (Å²) in [5, 5.41) is 7.48. The number of aryl methyl sites for hydroxylation is 2. The van der Waals surface area contributed by atoms with Crippen LogP contribution in [-0.2, 0) is 24.5 Å². The molecule has 5 heteroatoms. The second kappa shape index (κ2) is 10.1. The maximum atomic E-state index is 12.6. The maximum absolute atomic E-state index is 12.6. The second-order valence-corrected chi connectivity index (χ2v) is 7.87. The highest BCUT2D eigenvalue weighted by Crippen LogP contribution is 2.14. The Balaban J connectivity index is 1.31. The number of aromatic nitrogens is 2. The van der Waals surface area contributed by atoms with Crippen molar-refractivity contribution in [2.45, 2.75) is 33.6 Å². The molecule has 0 aliphatic heterocycles. The highest BCUT2D eigenvalue weighted by molar-refractivity contribution is 5.94. The van der Waals surface area contributed by atoms with Crippen LogP contribution in [0.3, 0.4) is 0 Å². The van der Waals surface area contributed by atoms with Crippen molar-refractivity contribution >= 4 is 5.91 Å². The van der Waals surface area contributed by atoms with Gasteiger partial charge in [0.15, 0.2) is 0 Å². The molecule has 32 heavy (non-hydrogen) atoms. The zero-order valence-electron chi connectivity index (χ0n) is 18.4. The number of nitrogens with one attached hydrogen (secondary N) is 1. The fraction of sp³-hybridized carbons (Fsp3) is 0.185. The lowest BCUT2D eigenvalue weighted by Crippen LogP contribution is -2.22. The van der Waals surface area contributed by atoms with E-state index >= 15 is 0 Å². The van der Waals surface area contributed by atoms with Crippen LogP contribution in [-0.4, -0.2) is 15.7 Å². The van der Waals surface area contributed by atoms with Gasteiger partial charge in [-0.15, -0.1) is 0 Å². The summed E-state index contributed by atoms with van der Waals surface area (Å²) in [5.74, 6) is -0.101. The van der Waals surface area contributed by atoms with Gasteiger partial charge in [-0.3, -0.25) is 4.79 Å². The van der Waals surface area contributed by atoms with Gasteiger partial charge in [-0.2, -0.15) is 5.10 Å². The molecule has 1 N–H and O–H groups in total. The Hall–Kier alpha value is -3.70. The third kappa shape index (κ3) is 5.50. The third-order valence-electron chi connectivity index (χ3n) is 5.21. The summed E-state index contributed by atoms with van der Waals surface area (Å²) < 4.78 is 7.70. The monoisotopic (exact) mass is 425 g/mol. The number of amides is 1. The first kappa shape index (κ1) is 21.5. The molecular formula is C27H27N3O2. The molecule has 0 atom stereocenters. The van der Waals surface area contributed by atoms with Gasteiger partial charge < -0.3 is 10.1 Å². The predicted molar refractivity (Wildman–Crippen MR) is 126 cm³/mol. The van der Waals surface area contributed by atoms with E-state index in [1.807, 2.05) is 85.3 Å². The third-order valence-corrected chi connectivity index (χ3v) is 5.21. The SMILES string of the molecule is Cc1cc(C)n(-c2ccc(C(=O)NCc3cccc(COCc4ccccc4)c3)cc2)n1. The van der Waals surface area contributed by atoms with Crippen LogP contribution < -0.4 is 5.32 Å². The quantitative estimate of drug-likeness (QED) is 0.425. The van der Waals surface area contributed by atoms with Crippen LogP contribution in [0.4, 0.5) is 0 Å². The van der Waals surface area contributed by atoms with Crippen LogP contribution in [0.2, 0.25) is 0 Å². The average Bonchev–Trinajstić information content (AvgIpc) is 3.16.